The highest BCUT2D eigenvalue weighted by Gasteiger charge is 2.17. The van der Waals surface area contributed by atoms with E-state index in [2.05, 4.69) is 31.4 Å². The lowest BCUT2D eigenvalue weighted by molar-refractivity contribution is -0.113. The van der Waals surface area contributed by atoms with Crippen molar-refractivity contribution in [3.8, 4) is 17.1 Å². The van der Waals surface area contributed by atoms with Crippen LogP contribution in [0, 0.1) is 13.8 Å². The number of hydrogen-bond acceptors (Lipinski definition) is 4. The molecular weight excluding hydrogens is 472 g/mol. The first-order valence-corrected chi connectivity index (χ1v) is 11.6. The van der Waals surface area contributed by atoms with Gasteiger partial charge in [-0.25, -0.2) is 0 Å². The van der Waals surface area contributed by atoms with Crippen molar-refractivity contribution in [3.05, 3.63) is 88.4 Å². The van der Waals surface area contributed by atoms with Crippen LogP contribution in [-0.4, -0.2) is 26.4 Å². The maximum absolute atomic E-state index is 12.7. The molecule has 1 amide bonds. The maximum atomic E-state index is 12.7. The fourth-order valence-corrected chi connectivity index (χ4v) is 4.37. The van der Waals surface area contributed by atoms with Crippen LogP contribution in [0.25, 0.3) is 17.1 Å². The van der Waals surface area contributed by atoms with Crippen LogP contribution >= 0.6 is 27.7 Å². The van der Waals surface area contributed by atoms with Gasteiger partial charge in [0.25, 0.3) is 0 Å². The van der Waals surface area contributed by atoms with Crippen molar-refractivity contribution in [3.63, 3.8) is 0 Å². The van der Waals surface area contributed by atoms with Gasteiger partial charge in [0.1, 0.15) is 0 Å². The first-order chi connectivity index (χ1) is 15.0. The van der Waals surface area contributed by atoms with Gasteiger partial charge in [-0.05, 0) is 49.2 Å². The number of carbonyl (C=O) groups excluding carboxylic acids is 1. The summed E-state index contributed by atoms with van der Waals surface area (Å²) in [4.78, 5) is 12.7. The maximum Gasteiger partial charge on any atom is 0.234 e. The molecule has 0 aliphatic carbocycles. The summed E-state index contributed by atoms with van der Waals surface area (Å²) < 4.78 is 3.02. The van der Waals surface area contributed by atoms with Crippen LogP contribution in [0.2, 0.25) is 0 Å². The van der Waals surface area contributed by atoms with E-state index in [0.29, 0.717) is 5.16 Å². The smallest absolute Gasteiger partial charge is 0.234 e. The minimum absolute atomic E-state index is 0.0845. The van der Waals surface area contributed by atoms with Crippen LogP contribution in [0.1, 0.15) is 11.1 Å². The van der Waals surface area contributed by atoms with E-state index >= 15 is 0 Å². The third-order valence-electron chi connectivity index (χ3n) is 5.01. The van der Waals surface area contributed by atoms with Crippen LogP contribution < -0.4 is 5.32 Å². The number of para-hydroxylation sites is 1. The molecule has 0 radical (unpaired) electrons. The van der Waals surface area contributed by atoms with Crippen LogP contribution in [0.15, 0.2) is 82.4 Å². The van der Waals surface area contributed by atoms with E-state index in [1.807, 2.05) is 91.2 Å². The van der Waals surface area contributed by atoms with Gasteiger partial charge in [-0.15, -0.1) is 10.2 Å². The molecule has 1 N–H and O–H groups in total. The molecule has 3 aromatic carbocycles. The second-order valence-corrected chi connectivity index (χ2v) is 8.82. The first kappa shape index (κ1) is 21.3. The van der Waals surface area contributed by atoms with E-state index in [0.717, 1.165) is 38.4 Å². The Balaban J connectivity index is 1.57. The second kappa shape index (κ2) is 9.49. The van der Waals surface area contributed by atoms with Gasteiger partial charge in [-0.2, -0.15) is 0 Å². The standard InChI is InChI=1S/C24H21BrN4OS/c1-16-17(2)21(14-13-20(16)25)26-22(30)15-31-24-28-27-23(18-9-5-3-6-10-18)29(24)19-11-7-4-8-12-19/h3-14H,15H2,1-2H3,(H,26,30). The van der Waals surface area contributed by atoms with Crippen molar-refractivity contribution in [2.24, 2.45) is 0 Å². The Hall–Kier alpha value is -2.90. The van der Waals surface area contributed by atoms with E-state index in [1.54, 1.807) is 0 Å². The van der Waals surface area contributed by atoms with Crippen molar-refractivity contribution in [2.75, 3.05) is 11.1 Å². The Morgan fingerprint density at radius 2 is 1.61 bits per heavy atom. The van der Waals surface area contributed by atoms with Gasteiger partial charge in [0.15, 0.2) is 11.0 Å². The molecule has 156 valence electrons. The molecule has 31 heavy (non-hydrogen) atoms. The van der Waals surface area contributed by atoms with Gasteiger partial charge in [-0.3, -0.25) is 9.36 Å². The van der Waals surface area contributed by atoms with Gasteiger partial charge in [0.2, 0.25) is 5.91 Å². The van der Waals surface area contributed by atoms with Crippen molar-refractivity contribution in [2.45, 2.75) is 19.0 Å². The fourth-order valence-electron chi connectivity index (χ4n) is 3.19. The SMILES string of the molecule is Cc1c(Br)ccc(NC(=O)CSc2nnc(-c3ccccc3)n2-c2ccccc2)c1C. The van der Waals surface area contributed by atoms with E-state index in [-0.39, 0.29) is 11.7 Å². The Kier molecular flexibility index (Phi) is 6.53. The van der Waals surface area contributed by atoms with Gasteiger partial charge >= 0.3 is 0 Å². The summed E-state index contributed by atoms with van der Waals surface area (Å²) in [6.45, 7) is 4.03. The third-order valence-corrected chi connectivity index (χ3v) is 6.80. The summed E-state index contributed by atoms with van der Waals surface area (Å²) in [5, 5.41) is 12.5. The number of nitrogens with zero attached hydrogens (tertiary/aromatic N) is 3. The number of aromatic nitrogens is 3. The average molecular weight is 493 g/mol. The van der Waals surface area contributed by atoms with Gasteiger partial charge < -0.3 is 5.32 Å². The number of rotatable bonds is 6. The first-order valence-electron chi connectivity index (χ1n) is 9.79. The topological polar surface area (TPSA) is 59.8 Å². The molecule has 4 aromatic rings. The molecule has 0 fully saturated rings. The van der Waals surface area contributed by atoms with Crippen LogP contribution in [0.3, 0.4) is 0 Å². The molecule has 4 rings (SSSR count). The highest BCUT2D eigenvalue weighted by molar-refractivity contribution is 9.10. The van der Waals surface area contributed by atoms with Crippen molar-refractivity contribution < 1.29 is 4.79 Å². The molecule has 0 unspecified atom stereocenters. The van der Waals surface area contributed by atoms with Gasteiger partial charge in [0, 0.05) is 21.4 Å². The molecule has 0 aliphatic rings. The largest absolute Gasteiger partial charge is 0.325 e. The highest BCUT2D eigenvalue weighted by atomic mass is 79.9. The zero-order chi connectivity index (χ0) is 21.8. The Bertz CT molecular complexity index is 1210. The Morgan fingerprint density at radius 3 is 2.32 bits per heavy atom. The summed E-state index contributed by atoms with van der Waals surface area (Å²) in [5.41, 5.74) is 4.90. The minimum atomic E-state index is -0.0845. The molecule has 0 saturated carbocycles. The lowest BCUT2D eigenvalue weighted by Crippen LogP contribution is -2.15. The third kappa shape index (κ3) is 4.73. The van der Waals surface area contributed by atoms with Crippen molar-refractivity contribution in [1.82, 2.24) is 14.8 Å². The summed E-state index contributed by atoms with van der Waals surface area (Å²) in [6.07, 6.45) is 0. The van der Waals surface area contributed by atoms with Gasteiger partial charge in [-0.1, -0.05) is 76.2 Å². The lowest BCUT2D eigenvalue weighted by atomic mass is 10.1. The van der Waals surface area contributed by atoms with Crippen LogP contribution in [0.4, 0.5) is 5.69 Å². The molecule has 0 saturated heterocycles. The number of carbonyl (C=O) groups is 1. The summed E-state index contributed by atoms with van der Waals surface area (Å²) in [5.74, 6) is 0.890. The zero-order valence-electron chi connectivity index (χ0n) is 17.2. The van der Waals surface area contributed by atoms with E-state index in [9.17, 15) is 4.79 Å². The number of halogens is 1. The molecule has 7 heteroatoms. The summed E-state index contributed by atoms with van der Waals surface area (Å²) in [6, 6.07) is 23.7. The van der Waals surface area contributed by atoms with Gasteiger partial charge in [0.05, 0.1) is 5.75 Å². The second-order valence-electron chi connectivity index (χ2n) is 7.02. The predicted molar refractivity (Wildman–Crippen MR) is 130 cm³/mol. The normalized spacial score (nSPS) is 10.8. The Labute approximate surface area is 194 Å². The van der Waals surface area contributed by atoms with E-state index in [4.69, 9.17) is 0 Å². The number of anilines is 1. The number of thioether (sulfide) groups is 1. The average Bonchev–Trinajstić information content (AvgIpc) is 3.23. The highest BCUT2D eigenvalue weighted by Crippen LogP contribution is 2.29. The molecule has 1 heterocycles. The van der Waals surface area contributed by atoms with Crippen LogP contribution in [0.5, 0.6) is 0 Å². The van der Waals surface area contributed by atoms with Crippen molar-refractivity contribution in [1.29, 1.82) is 0 Å². The molecular formula is C24H21BrN4OS. The summed E-state index contributed by atoms with van der Waals surface area (Å²) in [7, 11) is 0. The zero-order valence-corrected chi connectivity index (χ0v) is 19.6. The monoisotopic (exact) mass is 492 g/mol. The molecule has 0 bridgehead atoms. The predicted octanol–water partition coefficient (Wildman–Crippen LogP) is 6.04. The lowest BCUT2D eigenvalue weighted by Gasteiger charge is -2.12. The number of hydrogen-bond donors (Lipinski definition) is 1. The molecule has 0 atom stereocenters. The number of nitrogens with one attached hydrogen (secondary N) is 1. The Morgan fingerprint density at radius 1 is 0.935 bits per heavy atom. The van der Waals surface area contributed by atoms with E-state index < -0.39 is 0 Å². The minimum Gasteiger partial charge on any atom is -0.325 e. The fraction of sp³-hybridized carbons (Fsp3) is 0.125. The van der Waals surface area contributed by atoms with E-state index in [1.165, 1.54) is 11.8 Å². The summed E-state index contributed by atoms with van der Waals surface area (Å²) >= 11 is 4.89. The molecule has 1 aromatic heterocycles. The molecule has 0 aliphatic heterocycles. The number of benzene rings is 3. The molecule has 0 spiro atoms. The quantitative estimate of drug-likeness (QED) is 0.333. The van der Waals surface area contributed by atoms with Crippen molar-refractivity contribution >= 4 is 39.3 Å². The number of amides is 1. The molecule has 5 nitrogen and oxygen atoms in total. The van der Waals surface area contributed by atoms with Crippen LogP contribution in [-0.2, 0) is 4.79 Å².